The number of carbonyl (C=O) groups excluding carboxylic acids is 8. The topological polar surface area (TPSA) is 229 Å². The molecule has 8 bridgehead atoms. The summed E-state index contributed by atoms with van der Waals surface area (Å²) in [4.78, 5) is 119. The third-order valence-electron chi connectivity index (χ3n) is 30.1. The summed E-state index contributed by atoms with van der Waals surface area (Å²) >= 11 is 0. The second-order valence-corrected chi connectivity index (χ2v) is 36.1. The van der Waals surface area contributed by atoms with Gasteiger partial charge in [-0.15, -0.1) is 0 Å². The highest BCUT2D eigenvalue weighted by atomic mass is 16.6. The molecule has 0 aromatic heterocycles. The van der Waals surface area contributed by atoms with Crippen LogP contribution in [0.2, 0.25) is 0 Å². The molecule has 0 unspecified atom stereocenters. The summed E-state index contributed by atoms with van der Waals surface area (Å²) < 4.78 is 66.4. The van der Waals surface area contributed by atoms with E-state index in [-0.39, 0.29) is 83.4 Å². The molecule has 8 aliphatic rings. The molecule has 4 saturated heterocycles. The third kappa shape index (κ3) is 11.0. The molecule has 8 fully saturated rings. The van der Waals surface area contributed by atoms with E-state index in [0.29, 0.717) is 82.3 Å². The van der Waals surface area contributed by atoms with E-state index >= 15 is 19.2 Å². The van der Waals surface area contributed by atoms with Crippen LogP contribution in [0.1, 0.15) is 277 Å². The lowest BCUT2D eigenvalue weighted by molar-refractivity contribution is -0.176. The molecule has 8 atom stereocenters. The van der Waals surface area contributed by atoms with Gasteiger partial charge < -0.3 is 47.4 Å². The van der Waals surface area contributed by atoms with E-state index in [1.165, 1.54) is 64.2 Å². The Labute approximate surface area is 635 Å². The summed E-state index contributed by atoms with van der Waals surface area (Å²) in [5.41, 5.74) is -14.8. The molecular formula is C90H112O18. The molecule has 4 aliphatic heterocycles. The van der Waals surface area contributed by atoms with Gasteiger partial charge in [0.2, 0.25) is 22.4 Å². The molecule has 18 nitrogen and oxygen atoms in total. The molecule has 0 radical (unpaired) electrons. The molecular weight excluding hydrogens is 1370 g/mol. The number of hydrogen-bond donors (Lipinski definition) is 0. The minimum Gasteiger partial charge on any atom is -0.493 e. The van der Waals surface area contributed by atoms with Gasteiger partial charge in [-0.05, 0) is 151 Å². The van der Waals surface area contributed by atoms with Gasteiger partial charge in [0.1, 0.15) is 34.5 Å². The number of rotatable bonds is 32. The predicted molar refractivity (Wildman–Crippen MR) is 411 cm³/mol. The fraction of sp³-hybridized carbons (Fsp3) is 0.622. The molecule has 580 valence electrons. The van der Waals surface area contributed by atoms with Crippen LogP contribution < -0.4 is 28.4 Å². The summed E-state index contributed by atoms with van der Waals surface area (Å²) in [5.74, 6) is -4.32. The van der Waals surface area contributed by atoms with Crippen LogP contribution in [0.4, 0.5) is 0 Å². The zero-order chi connectivity index (χ0) is 77.2. The van der Waals surface area contributed by atoms with Crippen molar-refractivity contribution in [2.24, 2.45) is 43.3 Å². The smallest absolute Gasteiger partial charge is 0.356 e. The minimum absolute atomic E-state index is 0.00986. The van der Waals surface area contributed by atoms with Crippen molar-refractivity contribution in [1.29, 1.82) is 0 Å². The fourth-order valence-corrected chi connectivity index (χ4v) is 20.4. The molecule has 6 aromatic carbocycles. The van der Waals surface area contributed by atoms with Crippen LogP contribution in [0.5, 0.6) is 34.5 Å². The molecule has 108 heavy (non-hydrogen) atoms. The SMILES string of the molecule is CCCCCCCCCCCCOc1cc2c(OC(=O)[C@@]34CC[C@@](C)(C(=O)O3)C4(C)C)ccc(OC(=O)[C@@]34CC[C@@](C)(C(=O)O3)C4(C)C)c2c2c1ccc1ccc3c(OCCCCCCCCCCCC)cc4c(OC(=O)[C@@]56CC[C@@](C)(C(=O)O5)C6(C)C)ccc(OC(=O)[C@@]56CC[C@@](C)(C(=O)O5)C6(C)C)c4c3c12. The number of benzene rings is 6. The van der Waals surface area contributed by atoms with Crippen molar-refractivity contribution in [2.75, 3.05) is 13.2 Å². The zero-order valence-corrected chi connectivity index (χ0v) is 66.3. The second-order valence-electron chi connectivity index (χ2n) is 36.1. The van der Waals surface area contributed by atoms with E-state index in [2.05, 4.69) is 13.8 Å². The van der Waals surface area contributed by atoms with Gasteiger partial charge in [-0.3, -0.25) is 19.2 Å². The highest BCUT2D eigenvalue weighted by Crippen LogP contribution is 2.70. The van der Waals surface area contributed by atoms with Crippen molar-refractivity contribution in [1.82, 2.24) is 0 Å². The Morgan fingerprint density at radius 3 is 0.815 bits per heavy atom. The summed E-state index contributed by atoms with van der Waals surface area (Å²) in [6.07, 6.45) is 24.2. The normalized spacial score (nSPS) is 29.0. The van der Waals surface area contributed by atoms with Crippen molar-refractivity contribution >= 4 is 102 Å². The van der Waals surface area contributed by atoms with E-state index in [4.69, 9.17) is 47.4 Å². The van der Waals surface area contributed by atoms with Crippen LogP contribution in [0, 0.1) is 43.3 Å². The van der Waals surface area contributed by atoms with Gasteiger partial charge in [0.05, 0.1) is 34.9 Å². The predicted octanol–water partition coefficient (Wildman–Crippen LogP) is 20.2. The van der Waals surface area contributed by atoms with Crippen molar-refractivity contribution in [3.05, 3.63) is 60.7 Å². The summed E-state index contributed by atoms with van der Waals surface area (Å²) in [5, 5.41) is 4.11. The third-order valence-corrected chi connectivity index (χ3v) is 30.1. The number of carbonyl (C=O) groups is 8. The average molecular weight is 1480 g/mol. The van der Waals surface area contributed by atoms with E-state index in [1.807, 2.05) is 107 Å². The number of hydrogen-bond acceptors (Lipinski definition) is 18. The minimum atomic E-state index is -1.71. The molecule has 0 N–H and O–H groups in total. The average Bonchev–Trinajstić information content (AvgIpc) is 1.48. The second kappa shape index (κ2) is 27.5. The monoisotopic (exact) mass is 1480 g/mol. The maximum atomic E-state index is 15.8. The highest BCUT2D eigenvalue weighted by molar-refractivity contribution is 6.36. The molecule has 14 rings (SSSR count). The van der Waals surface area contributed by atoms with Crippen LogP contribution in [0.15, 0.2) is 60.7 Å². The Balaban J connectivity index is 1.02. The van der Waals surface area contributed by atoms with Gasteiger partial charge in [0, 0.05) is 64.7 Å². The maximum Gasteiger partial charge on any atom is 0.356 e. The van der Waals surface area contributed by atoms with Gasteiger partial charge in [-0.1, -0.05) is 197 Å². The summed E-state index contributed by atoms with van der Waals surface area (Å²) in [7, 11) is 0. The highest BCUT2D eigenvalue weighted by Gasteiger charge is 2.80. The first-order chi connectivity index (χ1) is 51.2. The van der Waals surface area contributed by atoms with Crippen LogP contribution in [-0.2, 0) is 57.3 Å². The Morgan fingerprint density at radius 2 is 0.556 bits per heavy atom. The Kier molecular flexibility index (Phi) is 19.5. The number of unbranched alkanes of at least 4 members (excludes halogenated alkanes) is 18. The Morgan fingerprint density at radius 1 is 0.296 bits per heavy atom. The molecule has 4 saturated carbocycles. The first kappa shape index (κ1) is 76.7. The van der Waals surface area contributed by atoms with E-state index in [0.717, 1.165) is 51.4 Å². The lowest BCUT2D eigenvalue weighted by Crippen LogP contribution is -2.50. The summed E-state index contributed by atoms with van der Waals surface area (Å²) in [6, 6.07) is 17.7. The molecule has 0 spiro atoms. The first-order valence-corrected chi connectivity index (χ1v) is 40.7. The number of ether oxygens (including phenoxy) is 10. The Hall–Kier alpha value is -8.02. The number of fused-ring (bicyclic) bond motifs is 17. The lowest BCUT2D eigenvalue weighted by atomic mass is 9.66. The van der Waals surface area contributed by atoms with Gasteiger partial charge in [-0.25, -0.2) is 19.2 Å². The van der Waals surface area contributed by atoms with Gasteiger partial charge in [-0.2, -0.15) is 0 Å². The van der Waals surface area contributed by atoms with Crippen LogP contribution in [0.3, 0.4) is 0 Å². The van der Waals surface area contributed by atoms with E-state index < -0.39 is 113 Å². The largest absolute Gasteiger partial charge is 0.493 e. The Bertz CT molecular complexity index is 4420. The van der Waals surface area contributed by atoms with E-state index in [9.17, 15) is 19.2 Å². The standard InChI is InChI=1S/C90H112O18/c1-15-17-19-21-23-25-27-29-31-33-51-99-64-53-58-60(101-75(95)87-47-43-83(11,71(91)105-87)79(87,3)4)39-41-62(103-77(97)89-49-45-85(13,73(93)107-89)81(89,7)8)67(58)69-56(64)37-35-55-36-38-57-65(100-52-34-32-30-28-26-24-22-20-18-16-2)54-59-61(102-76(96)88-48-44-84(12,72(92)106-88)80(88,5)6)40-42-63(68(59)70(57)66(55)69)104-78(98)90-50-46-86(14,74(94)108-90)82(90,9)10/h35-42,53-54H,15-34,43-52H2,1-14H3/t83-,84-,85-,86-,87+,88+,89+,90+/m0/s1. The number of esters is 8. The van der Waals surface area contributed by atoms with Gasteiger partial charge >= 0.3 is 47.8 Å². The summed E-state index contributed by atoms with van der Waals surface area (Å²) in [6.45, 7) is 27.2. The maximum absolute atomic E-state index is 15.8. The molecule has 4 aliphatic carbocycles. The fourth-order valence-electron chi connectivity index (χ4n) is 20.4. The quantitative estimate of drug-likeness (QED) is 0.0126. The first-order valence-electron chi connectivity index (χ1n) is 40.7. The lowest BCUT2D eigenvalue weighted by Gasteiger charge is -2.35. The van der Waals surface area contributed by atoms with Crippen molar-refractivity contribution < 1.29 is 85.7 Å². The van der Waals surface area contributed by atoms with Crippen LogP contribution in [-0.4, -0.2) is 83.4 Å². The molecule has 6 aromatic rings. The molecule has 18 heteroatoms. The van der Waals surface area contributed by atoms with Crippen molar-refractivity contribution in [3.63, 3.8) is 0 Å². The van der Waals surface area contributed by atoms with Crippen LogP contribution >= 0.6 is 0 Å². The van der Waals surface area contributed by atoms with Crippen LogP contribution in [0.25, 0.3) is 53.9 Å². The molecule has 0 amide bonds. The van der Waals surface area contributed by atoms with Crippen molar-refractivity contribution in [2.45, 2.75) is 299 Å². The van der Waals surface area contributed by atoms with Gasteiger partial charge in [0.25, 0.3) is 0 Å². The zero-order valence-electron chi connectivity index (χ0n) is 66.3. The van der Waals surface area contributed by atoms with E-state index in [1.54, 1.807) is 36.4 Å². The van der Waals surface area contributed by atoms with Gasteiger partial charge in [0.15, 0.2) is 0 Å². The van der Waals surface area contributed by atoms with Crippen molar-refractivity contribution in [3.8, 4) is 34.5 Å². The molecule has 4 heterocycles.